The van der Waals surface area contributed by atoms with Gasteiger partial charge >= 0.3 is 11.9 Å². The highest BCUT2D eigenvalue weighted by Gasteiger charge is 2.25. The Kier molecular flexibility index (Phi) is 4.80. The number of benzene rings is 1. The molecule has 0 unspecified atom stereocenters. The number of fused-ring (bicyclic) bond motifs is 1. The SMILES string of the molecule is CCOC(=O)c1sc2ccc(OC)cc2c1C(=O)OCC. The zero-order valence-electron chi connectivity index (χ0n) is 12.1. The molecule has 21 heavy (non-hydrogen) atoms. The minimum Gasteiger partial charge on any atom is -0.497 e. The Balaban J connectivity index is 2.63. The highest BCUT2D eigenvalue weighted by Crippen LogP contribution is 2.35. The van der Waals surface area contributed by atoms with E-state index in [1.165, 1.54) is 11.3 Å². The predicted molar refractivity (Wildman–Crippen MR) is 80.3 cm³/mol. The molecule has 0 atom stereocenters. The van der Waals surface area contributed by atoms with Gasteiger partial charge < -0.3 is 14.2 Å². The lowest BCUT2D eigenvalue weighted by atomic mass is 10.1. The molecule has 1 aromatic heterocycles. The molecule has 112 valence electrons. The minimum atomic E-state index is -0.528. The van der Waals surface area contributed by atoms with E-state index >= 15 is 0 Å². The van der Waals surface area contributed by atoms with Crippen molar-refractivity contribution in [3.63, 3.8) is 0 Å². The minimum absolute atomic E-state index is 0.238. The highest BCUT2D eigenvalue weighted by molar-refractivity contribution is 7.21. The van der Waals surface area contributed by atoms with E-state index in [-0.39, 0.29) is 23.7 Å². The summed E-state index contributed by atoms with van der Waals surface area (Å²) in [5.41, 5.74) is 0.245. The van der Waals surface area contributed by atoms with Crippen LogP contribution in [0.5, 0.6) is 5.75 Å². The van der Waals surface area contributed by atoms with E-state index in [1.54, 1.807) is 33.1 Å². The summed E-state index contributed by atoms with van der Waals surface area (Å²) in [6, 6.07) is 5.31. The Morgan fingerprint density at radius 1 is 1.10 bits per heavy atom. The Hall–Kier alpha value is -2.08. The van der Waals surface area contributed by atoms with Crippen LogP contribution in [0.15, 0.2) is 18.2 Å². The Labute approximate surface area is 126 Å². The van der Waals surface area contributed by atoms with Crippen molar-refractivity contribution in [3.05, 3.63) is 28.6 Å². The topological polar surface area (TPSA) is 61.8 Å². The molecule has 0 spiro atoms. The molecule has 2 rings (SSSR count). The van der Waals surface area contributed by atoms with Gasteiger partial charge in [-0.3, -0.25) is 0 Å². The number of hydrogen-bond acceptors (Lipinski definition) is 6. The molecule has 0 radical (unpaired) electrons. The summed E-state index contributed by atoms with van der Waals surface area (Å²) < 4.78 is 16.0. The smallest absolute Gasteiger partial charge is 0.349 e. The number of rotatable bonds is 5. The van der Waals surface area contributed by atoms with Gasteiger partial charge in [-0.25, -0.2) is 9.59 Å². The van der Waals surface area contributed by atoms with Crippen LogP contribution in [-0.2, 0) is 9.47 Å². The number of ether oxygens (including phenoxy) is 3. The first-order valence-corrected chi connectivity index (χ1v) is 7.38. The number of carbonyl (C=O) groups is 2. The fraction of sp³-hybridized carbons (Fsp3) is 0.333. The van der Waals surface area contributed by atoms with Crippen LogP contribution in [0.2, 0.25) is 0 Å². The van der Waals surface area contributed by atoms with Crippen molar-refractivity contribution in [2.45, 2.75) is 13.8 Å². The number of methoxy groups -OCH3 is 1. The summed E-state index contributed by atoms with van der Waals surface area (Å²) in [6.45, 7) is 3.93. The molecule has 0 saturated carbocycles. The lowest BCUT2D eigenvalue weighted by molar-refractivity contribution is 0.0485. The summed E-state index contributed by atoms with van der Waals surface area (Å²) in [4.78, 5) is 24.5. The van der Waals surface area contributed by atoms with E-state index < -0.39 is 11.9 Å². The van der Waals surface area contributed by atoms with E-state index in [1.807, 2.05) is 6.07 Å². The van der Waals surface area contributed by atoms with E-state index in [9.17, 15) is 9.59 Å². The first-order valence-electron chi connectivity index (χ1n) is 6.57. The Morgan fingerprint density at radius 2 is 1.76 bits per heavy atom. The van der Waals surface area contributed by atoms with Crippen molar-refractivity contribution in [3.8, 4) is 5.75 Å². The van der Waals surface area contributed by atoms with Crippen LogP contribution in [0, 0.1) is 0 Å². The van der Waals surface area contributed by atoms with Gasteiger partial charge in [-0.15, -0.1) is 11.3 Å². The molecule has 0 aliphatic heterocycles. The molecule has 0 aliphatic carbocycles. The second-order valence-electron chi connectivity index (χ2n) is 4.11. The standard InChI is InChI=1S/C15H16O5S/c1-4-19-14(16)12-10-8-9(18-3)6-7-11(10)21-13(12)15(17)20-5-2/h6-8H,4-5H2,1-3H3. The normalized spacial score (nSPS) is 10.4. The van der Waals surface area contributed by atoms with Crippen LogP contribution in [0.3, 0.4) is 0 Å². The summed E-state index contributed by atoms with van der Waals surface area (Å²) >= 11 is 1.21. The van der Waals surface area contributed by atoms with Gasteiger partial charge in [0.2, 0.25) is 0 Å². The van der Waals surface area contributed by atoms with Crippen LogP contribution < -0.4 is 4.74 Å². The number of hydrogen-bond donors (Lipinski definition) is 0. The third-order valence-corrected chi connectivity index (χ3v) is 3.99. The average molecular weight is 308 g/mol. The molecule has 2 aromatic rings. The van der Waals surface area contributed by atoms with Gasteiger partial charge in [0.25, 0.3) is 0 Å². The lowest BCUT2D eigenvalue weighted by Crippen LogP contribution is -2.11. The van der Waals surface area contributed by atoms with E-state index in [4.69, 9.17) is 14.2 Å². The second-order valence-corrected chi connectivity index (χ2v) is 5.16. The van der Waals surface area contributed by atoms with Crippen molar-refractivity contribution < 1.29 is 23.8 Å². The monoisotopic (exact) mass is 308 g/mol. The summed E-state index contributed by atoms with van der Waals surface area (Å²) in [5.74, 6) is -0.429. The molecule has 0 N–H and O–H groups in total. The molecule has 0 aliphatic rings. The van der Waals surface area contributed by atoms with Crippen LogP contribution >= 0.6 is 11.3 Å². The number of esters is 2. The van der Waals surface area contributed by atoms with Gasteiger partial charge in [0.05, 0.1) is 25.9 Å². The Bertz CT molecular complexity index is 674. The van der Waals surface area contributed by atoms with Crippen molar-refractivity contribution in [1.82, 2.24) is 0 Å². The fourth-order valence-corrected chi connectivity index (χ4v) is 3.01. The summed E-state index contributed by atoms with van der Waals surface area (Å²) in [7, 11) is 1.55. The van der Waals surface area contributed by atoms with Crippen LogP contribution in [0.1, 0.15) is 33.9 Å². The average Bonchev–Trinajstić information content (AvgIpc) is 2.86. The van der Waals surface area contributed by atoms with Crippen LogP contribution in [0.25, 0.3) is 10.1 Å². The zero-order valence-corrected chi connectivity index (χ0v) is 12.9. The van der Waals surface area contributed by atoms with Crippen molar-refractivity contribution >= 4 is 33.4 Å². The van der Waals surface area contributed by atoms with E-state index in [0.717, 1.165) is 4.70 Å². The molecule has 0 saturated heterocycles. The molecule has 0 amide bonds. The van der Waals surface area contributed by atoms with E-state index in [0.29, 0.717) is 11.1 Å². The summed E-state index contributed by atoms with van der Waals surface area (Å²) in [5, 5.41) is 0.640. The maximum absolute atomic E-state index is 12.2. The van der Waals surface area contributed by atoms with Crippen molar-refractivity contribution in [2.75, 3.05) is 20.3 Å². The third-order valence-electron chi connectivity index (χ3n) is 2.84. The number of thiophene rings is 1. The van der Waals surface area contributed by atoms with Crippen LogP contribution in [0.4, 0.5) is 0 Å². The molecular formula is C15H16O5S. The first kappa shape index (κ1) is 15.3. The number of carbonyl (C=O) groups excluding carboxylic acids is 2. The van der Waals surface area contributed by atoms with E-state index in [2.05, 4.69) is 0 Å². The zero-order chi connectivity index (χ0) is 15.4. The van der Waals surface area contributed by atoms with Crippen molar-refractivity contribution in [1.29, 1.82) is 0 Å². The molecule has 1 heterocycles. The van der Waals surface area contributed by atoms with Gasteiger partial charge in [-0.1, -0.05) is 0 Å². The fourth-order valence-electron chi connectivity index (χ4n) is 1.95. The van der Waals surface area contributed by atoms with Crippen LogP contribution in [-0.4, -0.2) is 32.3 Å². The van der Waals surface area contributed by atoms with Gasteiger partial charge in [0.15, 0.2) is 0 Å². The van der Waals surface area contributed by atoms with Crippen molar-refractivity contribution in [2.24, 2.45) is 0 Å². The highest BCUT2D eigenvalue weighted by atomic mass is 32.1. The van der Waals surface area contributed by atoms with Gasteiger partial charge in [0.1, 0.15) is 10.6 Å². The second kappa shape index (κ2) is 6.58. The summed E-state index contributed by atoms with van der Waals surface area (Å²) in [6.07, 6.45) is 0. The molecule has 5 nitrogen and oxygen atoms in total. The van der Waals surface area contributed by atoms with Gasteiger partial charge in [0, 0.05) is 10.1 Å². The maximum Gasteiger partial charge on any atom is 0.349 e. The largest absolute Gasteiger partial charge is 0.497 e. The maximum atomic E-state index is 12.2. The quantitative estimate of drug-likeness (QED) is 0.793. The first-order chi connectivity index (χ1) is 10.1. The van der Waals surface area contributed by atoms with Gasteiger partial charge in [-0.2, -0.15) is 0 Å². The predicted octanol–water partition coefficient (Wildman–Crippen LogP) is 3.26. The lowest BCUT2D eigenvalue weighted by Gasteiger charge is -2.05. The molecule has 1 aromatic carbocycles. The molecular weight excluding hydrogens is 292 g/mol. The Morgan fingerprint density at radius 3 is 2.38 bits per heavy atom. The molecule has 0 bridgehead atoms. The van der Waals surface area contributed by atoms with Gasteiger partial charge in [-0.05, 0) is 32.0 Å². The molecule has 6 heteroatoms. The third kappa shape index (κ3) is 3.00. The molecule has 0 fully saturated rings.